The molecule has 1 saturated carbocycles. The molecule has 1 aromatic rings. The van der Waals surface area contributed by atoms with E-state index < -0.39 is 0 Å². The third-order valence-electron chi connectivity index (χ3n) is 5.16. The van der Waals surface area contributed by atoms with Crippen LogP contribution in [-0.4, -0.2) is 6.21 Å². The van der Waals surface area contributed by atoms with Crippen LogP contribution in [-0.2, 0) is 0 Å². The van der Waals surface area contributed by atoms with Crippen molar-refractivity contribution in [3.8, 4) is 0 Å². The maximum absolute atomic E-state index is 7.92. The monoisotopic (exact) mass is 267 g/mol. The zero-order chi connectivity index (χ0) is 14.4. The van der Waals surface area contributed by atoms with E-state index in [4.69, 9.17) is 5.41 Å². The third kappa shape index (κ3) is 2.13. The Bertz CT molecular complexity index is 590. The van der Waals surface area contributed by atoms with Gasteiger partial charge in [0, 0.05) is 11.8 Å². The second-order valence-corrected chi connectivity index (χ2v) is 6.87. The number of benzene rings is 1. The van der Waals surface area contributed by atoms with Gasteiger partial charge in [0.15, 0.2) is 0 Å². The zero-order valence-electron chi connectivity index (χ0n) is 13.1. The molecule has 0 unspecified atom stereocenters. The van der Waals surface area contributed by atoms with Gasteiger partial charge in [-0.05, 0) is 73.1 Å². The summed E-state index contributed by atoms with van der Waals surface area (Å²) in [5.41, 5.74) is 8.22. The highest BCUT2D eigenvalue weighted by Gasteiger charge is 2.29. The van der Waals surface area contributed by atoms with Gasteiger partial charge in [0.1, 0.15) is 0 Å². The van der Waals surface area contributed by atoms with E-state index in [1.807, 2.05) is 0 Å². The van der Waals surface area contributed by atoms with Crippen molar-refractivity contribution < 1.29 is 0 Å². The molecule has 1 N–H and O–H groups in total. The number of rotatable bonds is 3. The van der Waals surface area contributed by atoms with Crippen LogP contribution >= 0.6 is 0 Å². The van der Waals surface area contributed by atoms with E-state index >= 15 is 0 Å². The summed E-state index contributed by atoms with van der Waals surface area (Å²) in [5, 5.41) is 7.92. The maximum Gasteiger partial charge on any atom is 0.0259 e. The van der Waals surface area contributed by atoms with E-state index in [0.717, 1.165) is 5.92 Å². The van der Waals surface area contributed by atoms with E-state index in [1.165, 1.54) is 52.7 Å². The van der Waals surface area contributed by atoms with Crippen LogP contribution in [0.3, 0.4) is 0 Å². The molecule has 2 aliphatic carbocycles. The molecule has 1 heteroatoms. The lowest BCUT2D eigenvalue weighted by molar-refractivity contribution is 0.661. The Morgan fingerprint density at radius 1 is 1.20 bits per heavy atom. The Kier molecular flexibility index (Phi) is 3.32. The number of hydrogen-bond acceptors (Lipinski definition) is 1. The minimum atomic E-state index is 0.589. The summed E-state index contributed by atoms with van der Waals surface area (Å²) >= 11 is 0. The van der Waals surface area contributed by atoms with Gasteiger partial charge in [0.05, 0.1) is 0 Å². The number of fused-ring (bicyclic) bond motifs is 1. The van der Waals surface area contributed by atoms with Gasteiger partial charge < -0.3 is 5.41 Å². The molecule has 1 aromatic carbocycles. The van der Waals surface area contributed by atoms with Crippen LogP contribution in [0.2, 0.25) is 0 Å². The van der Waals surface area contributed by atoms with E-state index in [0.29, 0.717) is 11.8 Å². The van der Waals surface area contributed by atoms with Crippen LogP contribution in [0.1, 0.15) is 79.7 Å². The largest absolute Gasteiger partial charge is 0.308 e. The van der Waals surface area contributed by atoms with Crippen LogP contribution in [0.5, 0.6) is 0 Å². The molecular formula is C19H25N. The standard InChI is InChI=1S/C19H25N/c1-11(15-5-6-15)8-16-13(3)9-17-12(2)7-14(4)19(17)18(16)10-20/h8-10,12,14-15,20H,5-7H2,1-4H3/b11-8+,20-10?/t12-,14-/m0/s1. The minimum Gasteiger partial charge on any atom is -0.308 e. The molecule has 0 aliphatic heterocycles. The molecule has 0 spiro atoms. The summed E-state index contributed by atoms with van der Waals surface area (Å²) < 4.78 is 0. The van der Waals surface area contributed by atoms with E-state index in [1.54, 1.807) is 6.21 Å². The number of hydrogen-bond donors (Lipinski definition) is 1. The topological polar surface area (TPSA) is 23.9 Å². The van der Waals surface area contributed by atoms with Gasteiger partial charge in [-0.2, -0.15) is 0 Å². The second kappa shape index (κ2) is 4.87. The van der Waals surface area contributed by atoms with Crippen molar-refractivity contribution in [3.05, 3.63) is 39.5 Å². The summed E-state index contributed by atoms with van der Waals surface area (Å²) in [6.45, 7) is 9.09. The normalized spacial score (nSPS) is 25.7. The molecule has 2 aliphatic rings. The molecule has 0 heterocycles. The Morgan fingerprint density at radius 2 is 1.90 bits per heavy atom. The number of allylic oxidation sites excluding steroid dienone is 1. The highest BCUT2D eigenvalue weighted by Crippen LogP contribution is 2.45. The lowest BCUT2D eigenvalue weighted by Crippen LogP contribution is -2.02. The predicted molar refractivity (Wildman–Crippen MR) is 86.9 cm³/mol. The molecule has 2 atom stereocenters. The predicted octanol–water partition coefficient (Wildman–Crippen LogP) is 5.42. The van der Waals surface area contributed by atoms with Gasteiger partial charge in [-0.1, -0.05) is 31.6 Å². The van der Waals surface area contributed by atoms with Crippen LogP contribution < -0.4 is 0 Å². The van der Waals surface area contributed by atoms with Crippen molar-refractivity contribution in [1.29, 1.82) is 5.41 Å². The first-order chi connectivity index (χ1) is 9.52. The molecule has 20 heavy (non-hydrogen) atoms. The molecule has 3 rings (SSSR count). The molecule has 0 bridgehead atoms. The summed E-state index contributed by atoms with van der Waals surface area (Å²) in [6.07, 6.45) is 7.86. The fourth-order valence-electron chi connectivity index (χ4n) is 3.87. The van der Waals surface area contributed by atoms with Crippen molar-refractivity contribution >= 4 is 12.3 Å². The van der Waals surface area contributed by atoms with E-state index in [2.05, 4.69) is 39.8 Å². The molecule has 0 amide bonds. The number of aryl methyl sites for hydroxylation is 1. The zero-order valence-corrected chi connectivity index (χ0v) is 13.1. The lowest BCUT2D eigenvalue weighted by atomic mass is 9.88. The van der Waals surface area contributed by atoms with Crippen LogP contribution in [0.25, 0.3) is 6.08 Å². The average Bonchev–Trinajstić information content (AvgIpc) is 3.20. The van der Waals surface area contributed by atoms with Crippen LogP contribution in [0.4, 0.5) is 0 Å². The molecule has 1 fully saturated rings. The Balaban J connectivity index is 2.17. The molecule has 0 aromatic heterocycles. The lowest BCUT2D eigenvalue weighted by Gasteiger charge is -2.16. The van der Waals surface area contributed by atoms with E-state index in [9.17, 15) is 0 Å². The van der Waals surface area contributed by atoms with Gasteiger partial charge in [0.2, 0.25) is 0 Å². The summed E-state index contributed by atoms with van der Waals surface area (Å²) in [7, 11) is 0. The average molecular weight is 267 g/mol. The minimum absolute atomic E-state index is 0.589. The van der Waals surface area contributed by atoms with Crippen molar-refractivity contribution in [2.75, 3.05) is 0 Å². The van der Waals surface area contributed by atoms with Gasteiger partial charge >= 0.3 is 0 Å². The fourth-order valence-corrected chi connectivity index (χ4v) is 3.87. The van der Waals surface area contributed by atoms with Gasteiger partial charge in [-0.3, -0.25) is 0 Å². The van der Waals surface area contributed by atoms with Crippen molar-refractivity contribution in [3.63, 3.8) is 0 Å². The summed E-state index contributed by atoms with van der Waals surface area (Å²) in [4.78, 5) is 0. The Labute approximate surface area is 122 Å². The first-order valence-corrected chi connectivity index (χ1v) is 7.89. The maximum atomic E-state index is 7.92. The number of nitrogens with one attached hydrogen (secondary N) is 1. The first kappa shape index (κ1) is 13.6. The van der Waals surface area contributed by atoms with Gasteiger partial charge in [-0.15, -0.1) is 0 Å². The fraction of sp³-hybridized carbons (Fsp3) is 0.526. The van der Waals surface area contributed by atoms with Crippen molar-refractivity contribution in [2.45, 2.75) is 58.8 Å². The second-order valence-electron chi connectivity index (χ2n) is 6.87. The van der Waals surface area contributed by atoms with Crippen molar-refractivity contribution in [2.24, 2.45) is 5.92 Å². The highest BCUT2D eigenvalue weighted by molar-refractivity contribution is 5.88. The summed E-state index contributed by atoms with van der Waals surface area (Å²) in [6, 6.07) is 2.38. The molecule has 106 valence electrons. The molecule has 1 nitrogen and oxygen atoms in total. The Hall–Kier alpha value is -1.37. The summed E-state index contributed by atoms with van der Waals surface area (Å²) in [5.74, 6) is 2.03. The van der Waals surface area contributed by atoms with Gasteiger partial charge in [0.25, 0.3) is 0 Å². The smallest absolute Gasteiger partial charge is 0.0259 e. The van der Waals surface area contributed by atoms with Crippen LogP contribution in [0, 0.1) is 18.3 Å². The first-order valence-electron chi connectivity index (χ1n) is 7.89. The third-order valence-corrected chi connectivity index (χ3v) is 5.16. The van der Waals surface area contributed by atoms with Crippen molar-refractivity contribution in [1.82, 2.24) is 0 Å². The molecule has 0 saturated heterocycles. The SMILES string of the molecule is C/C(=C\c1c(C)cc2c(c1C=N)[C@@H](C)C[C@@H]2C)C1CC1. The highest BCUT2D eigenvalue weighted by atomic mass is 14.4. The molecular weight excluding hydrogens is 242 g/mol. The Morgan fingerprint density at radius 3 is 2.50 bits per heavy atom. The quantitative estimate of drug-likeness (QED) is 0.707. The van der Waals surface area contributed by atoms with Gasteiger partial charge in [-0.25, -0.2) is 0 Å². The van der Waals surface area contributed by atoms with Crippen LogP contribution in [0.15, 0.2) is 11.6 Å². The van der Waals surface area contributed by atoms with E-state index in [-0.39, 0.29) is 0 Å². The molecule has 0 radical (unpaired) electrons.